The number of alkyl halides is 3. The van der Waals surface area contributed by atoms with E-state index >= 15 is 0 Å². The van der Waals surface area contributed by atoms with E-state index in [0.717, 1.165) is 62.7 Å². The zero-order valence-electron chi connectivity index (χ0n) is 40.8. The van der Waals surface area contributed by atoms with Crippen LogP contribution in [0.25, 0.3) is 21.6 Å². The van der Waals surface area contributed by atoms with Crippen molar-refractivity contribution in [3.8, 4) is 33.4 Å². The number of nitrogens with zero attached hydrogens (tertiary/aromatic N) is 5. The number of carbonyl (C=O) groups excluding carboxylic acids is 4. The van der Waals surface area contributed by atoms with Crippen molar-refractivity contribution in [2.75, 3.05) is 29.6 Å². The van der Waals surface area contributed by atoms with E-state index in [2.05, 4.69) is 15.6 Å². The average Bonchev–Trinajstić information content (AvgIpc) is 4.05. The molecule has 3 heterocycles. The van der Waals surface area contributed by atoms with Crippen molar-refractivity contribution < 1.29 is 41.8 Å². The van der Waals surface area contributed by atoms with Crippen LogP contribution in [0.15, 0.2) is 96.5 Å². The molecule has 376 valence electrons. The van der Waals surface area contributed by atoms with Gasteiger partial charge in [-0.05, 0) is 135 Å². The van der Waals surface area contributed by atoms with Gasteiger partial charge in [0, 0.05) is 18.8 Å². The van der Waals surface area contributed by atoms with Crippen LogP contribution >= 0.6 is 23.6 Å². The Kier molecular flexibility index (Phi) is 14.9. The van der Waals surface area contributed by atoms with Crippen LogP contribution in [0.1, 0.15) is 82.7 Å². The molecule has 1 unspecified atom stereocenters. The van der Waals surface area contributed by atoms with Gasteiger partial charge in [-0.3, -0.25) is 24.1 Å². The highest BCUT2D eigenvalue weighted by atomic mass is 32.1. The molecule has 1 aliphatic carbocycles. The molecule has 8 rings (SSSR count). The fourth-order valence-corrected chi connectivity index (χ4v) is 10.7. The summed E-state index contributed by atoms with van der Waals surface area (Å²) in [6, 6.07) is 26.1. The molecule has 3 fully saturated rings. The standard InChI is InChI=1S/C54H56F3N7O6S2/c1-32-46(72-31-60-32)37-11-9-33(10-12-37)28-59-48(66)44-8-7-23-62(44)49(67)47(52(2,3)4)61-45(65)30-69-29-34-24-42(25-34)70-41-21-16-36(17-22-41)35-13-18-39(19-14-35)64-51(71)63(50(68)53(64,5)6)40-20-15-38(27-58)43(26-40)54(55,56)57/h9-22,26,31,34,42,44,47H,7-8,23-25,28-30H2,1-6H3,(H,59,66)(H,61,65)/t34?,42?,44-,47?/m0/s1. The highest BCUT2D eigenvalue weighted by Gasteiger charge is 2.51. The first kappa shape index (κ1) is 51.7. The molecule has 2 aliphatic heterocycles. The van der Waals surface area contributed by atoms with E-state index < -0.39 is 52.2 Å². The summed E-state index contributed by atoms with van der Waals surface area (Å²) in [5.74, 6) is -0.533. The third-order valence-electron chi connectivity index (χ3n) is 13.4. The lowest BCUT2D eigenvalue weighted by Gasteiger charge is -2.36. The number of carbonyl (C=O) groups is 4. The van der Waals surface area contributed by atoms with E-state index in [0.29, 0.717) is 44.0 Å². The molecule has 0 spiro atoms. The van der Waals surface area contributed by atoms with Crippen molar-refractivity contribution in [3.05, 3.63) is 119 Å². The number of rotatable bonds is 15. The molecule has 4 aromatic carbocycles. The summed E-state index contributed by atoms with van der Waals surface area (Å²) in [4.78, 5) is 64.0. The van der Waals surface area contributed by atoms with Crippen molar-refractivity contribution in [3.63, 3.8) is 0 Å². The molecule has 1 saturated carbocycles. The topological polar surface area (TPSA) is 157 Å². The number of aromatic nitrogens is 1. The molecule has 5 aromatic rings. The van der Waals surface area contributed by atoms with Gasteiger partial charge in [0.25, 0.3) is 5.91 Å². The van der Waals surface area contributed by atoms with E-state index in [1.807, 2.05) is 93.9 Å². The zero-order valence-corrected chi connectivity index (χ0v) is 42.5. The van der Waals surface area contributed by atoms with Gasteiger partial charge in [-0.15, -0.1) is 11.3 Å². The SMILES string of the molecule is Cc1ncsc1-c1ccc(CNC(=O)[C@@H]2CCCN2C(=O)C(NC(=O)COCC2CC(Oc3ccc(-c4ccc(N5C(=S)N(c6ccc(C#N)c(C(F)(F)F)c6)C(=O)C5(C)C)cc4)cc3)C2)C(C)(C)C)cc1. The first-order valence-electron chi connectivity index (χ1n) is 23.8. The Labute approximate surface area is 426 Å². The lowest BCUT2D eigenvalue weighted by Crippen LogP contribution is -2.58. The van der Waals surface area contributed by atoms with Crippen LogP contribution in [0.3, 0.4) is 0 Å². The number of nitriles is 1. The molecule has 1 aromatic heterocycles. The number of hydrogen-bond acceptors (Lipinski definition) is 10. The molecule has 0 bridgehead atoms. The fraction of sp³-hybridized carbons (Fsp3) is 0.389. The molecule has 72 heavy (non-hydrogen) atoms. The predicted octanol–water partition coefficient (Wildman–Crippen LogP) is 9.60. The maximum Gasteiger partial charge on any atom is 0.417 e. The maximum absolute atomic E-state index is 14.0. The third kappa shape index (κ3) is 11.0. The Morgan fingerprint density at radius 1 is 0.944 bits per heavy atom. The lowest BCUT2D eigenvalue weighted by molar-refractivity contribution is -0.144. The number of thiazole rings is 1. The first-order valence-corrected chi connectivity index (χ1v) is 25.0. The second kappa shape index (κ2) is 20.8. The number of aryl methyl sites for hydroxylation is 1. The van der Waals surface area contributed by atoms with Gasteiger partial charge in [0.1, 0.15) is 30.0 Å². The van der Waals surface area contributed by atoms with E-state index in [4.69, 9.17) is 21.7 Å². The molecular weight excluding hydrogens is 964 g/mol. The second-order valence-corrected chi connectivity index (χ2v) is 21.3. The predicted molar refractivity (Wildman–Crippen MR) is 273 cm³/mol. The Bertz CT molecular complexity index is 2890. The molecule has 4 amide bonds. The molecule has 2 saturated heterocycles. The van der Waals surface area contributed by atoms with Gasteiger partial charge in [-0.1, -0.05) is 69.3 Å². The van der Waals surface area contributed by atoms with Crippen LogP contribution in [0.2, 0.25) is 0 Å². The first-order chi connectivity index (χ1) is 34.1. The number of hydrogen-bond donors (Lipinski definition) is 2. The molecule has 2 atom stereocenters. The van der Waals surface area contributed by atoms with Gasteiger partial charge >= 0.3 is 6.18 Å². The zero-order chi connectivity index (χ0) is 51.7. The van der Waals surface area contributed by atoms with Gasteiger partial charge in [-0.2, -0.15) is 18.4 Å². The number of likely N-dealkylation sites (tertiary alicyclic amines) is 1. The normalized spacial score (nSPS) is 19.2. The number of anilines is 2. The third-order valence-corrected chi connectivity index (χ3v) is 14.8. The highest BCUT2D eigenvalue weighted by molar-refractivity contribution is 7.81. The number of amides is 4. The van der Waals surface area contributed by atoms with Gasteiger partial charge < -0.3 is 29.9 Å². The summed E-state index contributed by atoms with van der Waals surface area (Å²) >= 11 is 7.27. The van der Waals surface area contributed by atoms with Crippen LogP contribution in [0, 0.1) is 29.6 Å². The molecule has 2 N–H and O–H groups in total. The Balaban J connectivity index is 0.777. The molecule has 13 nitrogen and oxygen atoms in total. The Hall–Kier alpha value is -6.68. The Morgan fingerprint density at radius 3 is 2.19 bits per heavy atom. The second-order valence-electron chi connectivity index (χ2n) is 20.1. The Morgan fingerprint density at radius 2 is 1.58 bits per heavy atom. The summed E-state index contributed by atoms with van der Waals surface area (Å²) < 4.78 is 53.4. The summed E-state index contributed by atoms with van der Waals surface area (Å²) in [5.41, 5.74) is 3.55. The van der Waals surface area contributed by atoms with Gasteiger partial charge in [0.05, 0.1) is 51.7 Å². The van der Waals surface area contributed by atoms with Crippen LogP contribution in [0.5, 0.6) is 5.75 Å². The average molecular weight is 1020 g/mol. The van der Waals surface area contributed by atoms with Crippen LogP contribution in [-0.4, -0.2) is 82.1 Å². The van der Waals surface area contributed by atoms with E-state index in [1.165, 1.54) is 6.07 Å². The van der Waals surface area contributed by atoms with E-state index in [9.17, 15) is 37.6 Å². The van der Waals surface area contributed by atoms with Crippen molar-refractivity contribution in [1.82, 2.24) is 20.5 Å². The van der Waals surface area contributed by atoms with Crippen molar-refractivity contribution >= 4 is 63.7 Å². The largest absolute Gasteiger partial charge is 0.490 e. The summed E-state index contributed by atoms with van der Waals surface area (Å²) in [6.07, 6.45) is -2.11. The van der Waals surface area contributed by atoms with Crippen molar-refractivity contribution in [2.45, 2.75) is 104 Å². The lowest BCUT2D eigenvalue weighted by atomic mass is 9.83. The van der Waals surface area contributed by atoms with Gasteiger partial charge in [0.2, 0.25) is 17.7 Å². The van der Waals surface area contributed by atoms with E-state index in [1.54, 1.807) is 53.2 Å². The minimum atomic E-state index is -4.80. The fourth-order valence-electron chi connectivity index (χ4n) is 9.39. The smallest absolute Gasteiger partial charge is 0.417 e. The highest BCUT2D eigenvalue weighted by Crippen LogP contribution is 2.41. The number of ether oxygens (including phenoxy) is 2. The maximum atomic E-state index is 14.0. The molecule has 0 radical (unpaired) electrons. The van der Waals surface area contributed by atoms with Gasteiger partial charge in [0.15, 0.2) is 5.11 Å². The van der Waals surface area contributed by atoms with E-state index in [-0.39, 0.29) is 41.2 Å². The quantitative estimate of drug-likeness (QED) is 0.0969. The molecular formula is C54H56F3N7O6S2. The minimum absolute atomic E-state index is 0.0126. The van der Waals surface area contributed by atoms with Crippen molar-refractivity contribution in [2.24, 2.45) is 11.3 Å². The molecule has 18 heteroatoms. The number of halogens is 3. The summed E-state index contributed by atoms with van der Waals surface area (Å²) in [6.45, 7) is 11.8. The molecule has 3 aliphatic rings. The van der Waals surface area contributed by atoms with Crippen LogP contribution in [0.4, 0.5) is 24.5 Å². The van der Waals surface area contributed by atoms with Crippen molar-refractivity contribution in [1.29, 1.82) is 5.26 Å². The minimum Gasteiger partial charge on any atom is -0.490 e. The summed E-state index contributed by atoms with van der Waals surface area (Å²) in [7, 11) is 0. The van der Waals surface area contributed by atoms with Crippen LogP contribution < -0.4 is 25.2 Å². The number of nitrogens with one attached hydrogen (secondary N) is 2. The number of benzene rings is 4. The summed E-state index contributed by atoms with van der Waals surface area (Å²) in [5, 5.41) is 15.2. The monoisotopic (exact) mass is 1020 g/mol. The van der Waals surface area contributed by atoms with Crippen LogP contribution in [-0.2, 0) is 36.6 Å². The number of thiocarbonyl (C=S) groups is 1. The van der Waals surface area contributed by atoms with Gasteiger partial charge in [-0.25, -0.2) is 4.98 Å².